The standard InChI is InChI=1S/C23H26N6O2/c1-15-6-7-18(29-24-9-10-25-29)19(12-15)28-11-5-8-23(28,2)22-26-16-13-20(30-3)21(31-4)14-17(16)27-22/h6-7,9-10,12-14H,5,8,11H2,1-4H3,(H,26,27)/t23-/m0/s1. The fraction of sp³-hybridized carbons (Fsp3) is 0.348. The zero-order valence-corrected chi connectivity index (χ0v) is 18.2. The number of aromatic amines is 1. The van der Waals surface area contributed by atoms with Crippen molar-refractivity contribution in [1.82, 2.24) is 25.0 Å². The number of aromatic nitrogens is 5. The van der Waals surface area contributed by atoms with Crippen molar-refractivity contribution < 1.29 is 9.47 Å². The number of ether oxygens (including phenoxy) is 2. The monoisotopic (exact) mass is 418 g/mol. The number of nitrogens with one attached hydrogen (secondary N) is 1. The van der Waals surface area contributed by atoms with Crippen molar-refractivity contribution in [2.24, 2.45) is 0 Å². The molecule has 0 spiro atoms. The van der Waals surface area contributed by atoms with Crippen LogP contribution in [0.2, 0.25) is 0 Å². The molecule has 2 aromatic carbocycles. The van der Waals surface area contributed by atoms with E-state index in [9.17, 15) is 0 Å². The van der Waals surface area contributed by atoms with Gasteiger partial charge in [0.2, 0.25) is 0 Å². The summed E-state index contributed by atoms with van der Waals surface area (Å²) in [7, 11) is 3.28. The summed E-state index contributed by atoms with van der Waals surface area (Å²) in [4.78, 5) is 12.6. The van der Waals surface area contributed by atoms with Crippen LogP contribution >= 0.6 is 0 Å². The maximum Gasteiger partial charge on any atom is 0.163 e. The molecule has 160 valence electrons. The number of anilines is 1. The largest absolute Gasteiger partial charge is 0.493 e. The van der Waals surface area contributed by atoms with E-state index in [4.69, 9.17) is 14.5 Å². The van der Waals surface area contributed by atoms with Gasteiger partial charge in [-0.3, -0.25) is 0 Å². The summed E-state index contributed by atoms with van der Waals surface area (Å²) >= 11 is 0. The lowest BCUT2D eigenvalue weighted by atomic mass is 9.97. The van der Waals surface area contributed by atoms with Gasteiger partial charge in [0.15, 0.2) is 11.5 Å². The molecule has 0 radical (unpaired) electrons. The molecule has 0 unspecified atom stereocenters. The average Bonchev–Trinajstić information content (AvgIpc) is 3.52. The van der Waals surface area contributed by atoms with E-state index < -0.39 is 0 Å². The van der Waals surface area contributed by atoms with Crippen LogP contribution in [0.1, 0.15) is 31.2 Å². The van der Waals surface area contributed by atoms with Gasteiger partial charge in [-0.2, -0.15) is 10.2 Å². The summed E-state index contributed by atoms with van der Waals surface area (Å²) in [5, 5.41) is 8.74. The van der Waals surface area contributed by atoms with Gasteiger partial charge in [0, 0.05) is 18.7 Å². The highest BCUT2D eigenvalue weighted by atomic mass is 16.5. The number of fused-ring (bicyclic) bond motifs is 1. The minimum absolute atomic E-state index is 0.296. The Balaban J connectivity index is 1.63. The maximum atomic E-state index is 5.47. The lowest BCUT2D eigenvalue weighted by Gasteiger charge is -2.36. The quantitative estimate of drug-likeness (QED) is 0.528. The van der Waals surface area contributed by atoms with E-state index >= 15 is 0 Å². The molecule has 0 bridgehead atoms. The first-order valence-corrected chi connectivity index (χ1v) is 10.4. The molecule has 0 amide bonds. The third kappa shape index (κ3) is 3.10. The van der Waals surface area contributed by atoms with Gasteiger partial charge in [-0.05, 0) is 44.4 Å². The highest BCUT2D eigenvalue weighted by molar-refractivity contribution is 5.80. The first-order chi connectivity index (χ1) is 15.0. The van der Waals surface area contributed by atoms with Crippen molar-refractivity contribution in [1.29, 1.82) is 0 Å². The van der Waals surface area contributed by atoms with Crippen LogP contribution < -0.4 is 14.4 Å². The molecular formula is C23H26N6O2. The molecule has 1 saturated heterocycles. The van der Waals surface area contributed by atoms with Crippen LogP contribution in [-0.4, -0.2) is 45.7 Å². The van der Waals surface area contributed by atoms with Crippen molar-refractivity contribution in [2.75, 3.05) is 25.7 Å². The van der Waals surface area contributed by atoms with Crippen LogP contribution in [0, 0.1) is 6.92 Å². The fourth-order valence-electron chi connectivity index (χ4n) is 4.55. The molecular weight excluding hydrogens is 392 g/mol. The third-order valence-corrected chi connectivity index (χ3v) is 6.19. The number of methoxy groups -OCH3 is 2. The maximum absolute atomic E-state index is 5.47. The molecule has 1 atom stereocenters. The first kappa shape index (κ1) is 19.4. The second kappa shape index (κ2) is 7.30. The molecule has 31 heavy (non-hydrogen) atoms. The predicted octanol–water partition coefficient (Wildman–Crippen LogP) is 3.98. The minimum atomic E-state index is -0.296. The molecule has 8 heteroatoms. The normalized spacial score (nSPS) is 18.6. The number of nitrogens with zero attached hydrogens (tertiary/aromatic N) is 5. The lowest BCUT2D eigenvalue weighted by Crippen LogP contribution is -2.40. The van der Waals surface area contributed by atoms with Gasteiger partial charge in [-0.25, -0.2) is 4.98 Å². The number of H-pyrrole nitrogens is 1. The van der Waals surface area contributed by atoms with Crippen LogP contribution in [0.4, 0.5) is 5.69 Å². The van der Waals surface area contributed by atoms with Crippen LogP contribution in [0.25, 0.3) is 16.7 Å². The molecule has 0 aliphatic carbocycles. The Bertz CT molecular complexity index is 1190. The Morgan fingerprint density at radius 2 is 1.74 bits per heavy atom. The molecule has 1 N–H and O–H groups in total. The molecule has 1 fully saturated rings. The van der Waals surface area contributed by atoms with Gasteiger partial charge in [0.25, 0.3) is 0 Å². The van der Waals surface area contributed by atoms with Crippen LogP contribution in [0.3, 0.4) is 0 Å². The van der Waals surface area contributed by atoms with Crippen molar-refractivity contribution in [3.05, 3.63) is 54.1 Å². The molecule has 8 nitrogen and oxygen atoms in total. The van der Waals surface area contributed by atoms with E-state index in [0.29, 0.717) is 11.5 Å². The Morgan fingerprint density at radius 1 is 1.00 bits per heavy atom. The summed E-state index contributed by atoms with van der Waals surface area (Å²) in [6.07, 6.45) is 5.46. The fourth-order valence-corrected chi connectivity index (χ4v) is 4.55. The van der Waals surface area contributed by atoms with Gasteiger partial charge >= 0.3 is 0 Å². The average molecular weight is 419 g/mol. The van der Waals surface area contributed by atoms with E-state index in [1.54, 1.807) is 31.4 Å². The summed E-state index contributed by atoms with van der Waals surface area (Å²) in [5.74, 6) is 2.28. The number of aryl methyl sites for hydroxylation is 1. The van der Waals surface area contributed by atoms with Crippen LogP contribution in [0.5, 0.6) is 11.5 Å². The summed E-state index contributed by atoms with van der Waals surface area (Å²) in [6.45, 7) is 5.28. The first-order valence-electron chi connectivity index (χ1n) is 10.4. The van der Waals surface area contributed by atoms with Gasteiger partial charge in [-0.15, -0.1) is 4.80 Å². The minimum Gasteiger partial charge on any atom is -0.493 e. The van der Waals surface area contributed by atoms with Gasteiger partial charge in [0.05, 0.1) is 48.9 Å². The summed E-state index contributed by atoms with van der Waals surface area (Å²) < 4.78 is 10.9. The second-order valence-corrected chi connectivity index (χ2v) is 8.15. The van der Waals surface area contributed by atoms with E-state index in [0.717, 1.165) is 47.6 Å². The van der Waals surface area contributed by atoms with Crippen LogP contribution in [0.15, 0.2) is 42.7 Å². The Morgan fingerprint density at radius 3 is 2.48 bits per heavy atom. The Labute approximate surface area is 180 Å². The number of hydrogen-bond acceptors (Lipinski definition) is 6. The zero-order chi connectivity index (χ0) is 21.6. The molecule has 0 saturated carbocycles. The highest BCUT2D eigenvalue weighted by Gasteiger charge is 2.42. The number of benzene rings is 2. The van der Waals surface area contributed by atoms with E-state index in [-0.39, 0.29) is 5.54 Å². The van der Waals surface area contributed by atoms with Gasteiger partial charge < -0.3 is 19.4 Å². The molecule has 3 heterocycles. The van der Waals surface area contributed by atoms with E-state index in [1.807, 2.05) is 12.1 Å². The molecule has 1 aliphatic heterocycles. The number of hydrogen-bond donors (Lipinski definition) is 1. The van der Waals surface area contributed by atoms with E-state index in [2.05, 4.69) is 52.1 Å². The predicted molar refractivity (Wildman–Crippen MR) is 119 cm³/mol. The topological polar surface area (TPSA) is 81.1 Å². The summed E-state index contributed by atoms with van der Waals surface area (Å²) in [5.41, 5.74) is 4.75. The number of rotatable bonds is 5. The second-order valence-electron chi connectivity index (χ2n) is 8.15. The summed E-state index contributed by atoms with van der Waals surface area (Å²) in [6, 6.07) is 10.2. The van der Waals surface area contributed by atoms with Gasteiger partial charge in [-0.1, -0.05) is 6.07 Å². The van der Waals surface area contributed by atoms with E-state index in [1.165, 1.54) is 5.56 Å². The third-order valence-electron chi connectivity index (χ3n) is 6.19. The number of imidazole rings is 1. The Kier molecular flexibility index (Phi) is 4.57. The molecule has 1 aliphatic rings. The van der Waals surface area contributed by atoms with Gasteiger partial charge in [0.1, 0.15) is 11.5 Å². The molecule has 4 aromatic rings. The SMILES string of the molecule is COc1cc2nc([C@]3(C)CCCN3c3cc(C)ccc3-n3nccn3)[nH]c2cc1OC. The highest BCUT2D eigenvalue weighted by Crippen LogP contribution is 2.43. The zero-order valence-electron chi connectivity index (χ0n) is 18.2. The lowest BCUT2D eigenvalue weighted by molar-refractivity contribution is 0.356. The van der Waals surface area contributed by atoms with Crippen molar-refractivity contribution in [3.63, 3.8) is 0 Å². The van der Waals surface area contributed by atoms with Crippen molar-refractivity contribution >= 4 is 16.7 Å². The molecule has 5 rings (SSSR count). The van der Waals surface area contributed by atoms with Crippen molar-refractivity contribution in [2.45, 2.75) is 32.2 Å². The van der Waals surface area contributed by atoms with Crippen LogP contribution in [-0.2, 0) is 5.54 Å². The van der Waals surface area contributed by atoms with Crippen molar-refractivity contribution in [3.8, 4) is 17.2 Å². The smallest absolute Gasteiger partial charge is 0.163 e. The molecule has 2 aromatic heterocycles. The Hall–Kier alpha value is -3.55.